The lowest BCUT2D eigenvalue weighted by Crippen LogP contribution is -2.48. The van der Waals surface area contributed by atoms with Crippen molar-refractivity contribution in [2.24, 2.45) is 5.73 Å². The van der Waals surface area contributed by atoms with Gasteiger partial charge in [0.05, 0.1) is 16.2 Å². The van der Waals surface area contributed by atoms with Gasteiger partial charge in [-0.2, -0.15) is 5.10 Å². The number of carbonyl (C=O) groups excluding carboxylic acids is 1. The minimum Gasteiger partial charge on any atom is -0.324 e. The molecule has 110 valence electrons. The van der Waals surface area contributed by atoms with E-state index < -0.39 is 5.54 Å². The van der Waals surface area contributed by atoms with Crippen LogP contribution in [0.5, 0.6) is 0 Å². The van der Waals surface area contributed by atoms with Crippen molar-refractivity contribution in [3.05, 3.63) is 41.7 Å². The highest BCUT2D eigenvalue weighted by Gasteiger charge is 2.36. The van der Waals surface area contributed by atoms with Gasteiger partial charge in [0.15, 0.2) is 0 Å². The van der Waals surface area contributed by atoms with Crippen molar-refractivity contribution in [2.75, 3.05) is 5.32 Å². The van der Waals surface area contributed by atoms with Crippen LogP contribution in [0, 0.1) is 0 Å². The van der Waals surface area contributed by atoms with E-state index in [1.54, 1.807) is 23.0 Å². The summed E-state index contributed by atoms with van der Waals surface area (Å²) in [5.41, 5.74) is 6.81. The summed E-state index contributed by atoms with van der Waals surface area (Å²) in [5, 5.41) is 7.52. The lowest BCUT2D eigenvalue weighted by Gasteiger charge is -2.22. The Balaban J connectivity index is 1.78. The van der Waals surface area contributed by atoms with Crippen LogP contribution in [0.25, 0.3) is 5.69 Å². The van der Waals surface area contributed by atoms with E-state index >= 15 is 0 Å². The minimum atomic E-state index is -0.743. The van der Waals surface area contributed by atoms with Crippen LogP contribution in [0.3, 0.4) is 0 Å². The second-order valence-electron chi connectivity index (χ2n) is 5.43. The Morgan fingerprint density at radius 2 is 2.14 bits per heavy atom. The van der Waals surface area contributed by atoms with Crippen molar-refractivity contribution in [3.63, 3.8) is 0 Å². The van der Waals surface area contributed by atoms with Crippen LogP contribution in [0.4, 0.5) is 5.69 Å². The highest BCUT2D eigenvalue weighted by Crippen LogP contribution is 2.29. The van der Waals surface area contributed by atoms with Gasteiger partial charge < -0.3 is 11.1 Å². The molecule has 0 saturated heterocycles. The molecule has 6 heteroatoms. The second kappa shape index (κ2) is 5.50. The number of rotatable bonds is 3. The van der Waals surface area contributed by atoms with E-state index in [1.807, 2.05) is 18.3 Å². The lowest BCUT2D eigenvalue weighted by molar-refractivity contribution is -0.121. The molecule has 0 bridgehead atoms. The van der Waals surface area contributed by atoms with Gasteiger partial charge in [-0.3, -0.25) is 4.79 Å². The topological polar surface area (TPSA) is 72.9 Å². The van der Waals surface area contributed by atoms with Gasteiger partial charge in [-0.15, -0.1) is 0 Å². The molecule has 0 unspecified atom stereocenters. The normalized spacial score (nSPS) is 16.9. The highest BCUT2D eigenvalue weighted by atomic mass is 35.5. The zero-order valence-corrected chi connectivity index (χ0v) is 12.3. The summed E-state index contributed by atoms with van der Waals surface area (Å²) in [6.45, 7) is 0. The Morgan fingerprint density at radius 3 is 2.76 bits per heavy atom. The zero-order valence-electron chi connectivity index (χ0n) is 11.6. The monoisotopic (exact) mass is 304 g/mol. The van der Waals surface area contributed by atoms with Gasteiger partial charge in [0.2, 0.25) is 5.91 Å². The Labute approximate surface area is 128 Å². The fourth-order valence-corrected chi connectivity index (χ4v) is 2.94. The first kappa shape index (κ1) is 14.1. The summed E-state index contributed by atoms with van der Waals surface area (Å²) in [4.78, 5) is 12.3. The summed E-state index contributed by atoms with van der Waals surface area (Å²) in [6.07, 6.45) is 6.97. The summed E-state index contributed by atoms with van der Waals surface area (Å²) < 4.78 is 1.68. The maximum Gasteiger partial charge on any atom is 0.244 e. The van der Waals surface area contributed by atoms with E-state index in [1.165, 1.54) is 0 Å². The lowest BCUT2D eigenvalue weighted by atomic mass is 9.98. The molecule has 1 saturated carbocycles. The largest absolute Gasteiger partial charge is 0.324 e. The predicted molar refractivity (Wildman–Crippen MR) is 82.6 cm³/mol. The van der Waals surface area contributed by atoms with E-state index in [2.05, 4.69) is 10.4 Å². The fourth-order valence-electron chi connectivity index (χ4n) is 2.67. The molecular weight excluding hydrogens is 288 g/mol. The van der Waals surface area contributed by atoms with E-state index in [0.717, 1.165) is 31.4 Å². The van der Waals surface area contributed by atoms with Crippen molar-refractivity contribution in [1.82, 2.24) is 9.78 Å². The zero-order chi connectivity index (χ0) is 14.9. The molecular formula is C15H17ClN4O. The first-order chi connectivity index (χ1) is 10.1. The highest BCUT2D eigenvalue weighted by molar-refractivity contribution is 6.32. The number of nitrogens with two attached hydrogens (primary N) is 1. The molecule has 1 fully saturated rings. The predicted octanol–water partition coefficient (Wildman–Crippen LogP) is 2.74. The number of nitrogens with one attached hydrogen (secondary N) is 1. The summed E-state index contributed by atoms with van der Waals surface area (Å²) in [7, 11) is 0. The van der Waals surface area contributed by atoms with Gasteiger partial charge >= 0.3 is 0 Å². The average molecular weight is 305 g/mol. The third-order valence-electron chi connectivity index (χ3n) is 3.90. The molecule has 1 aromatic heterocycles. The molecule has 3 N–H and O–H groups in total. The van der Waals surface area contributed by atoms with Gasteiger partial charge in [0.1, 0.15) is 0 Å². The molecule has 0 aliphatic heterocycles. The van der Waals surface area contributed by atoms with Crippen LogP contribution in [-0.4, -0.2) is 21.2 Å². The summed E-state index contributed by atoms with van der Waals surface area (Å²) in [5.74, 6) is -0.136. The van der Waals surface area contributed by atoms with E-state index in [4.69, 9.17) is 17.3 Å². The standard InChI is InChI=1S/C15H17ClN4O/c16-12-10-11(4-5-13(12)20-9-3-8-18-20)19-14(21)15(17)6-1-2-7-15/h3-5,8-10H,1-2,6-7,17H2,(H,19,21). The fraction of sp³-hybridized carbons (Fsp3) is 0.333. The van der Waals surface area contributed by atoms with Crippen molar-refractivity contribution >= 4 is 23.2 Å². The van der Waals surface area contributed by atoms with Crippen molar-refractivity contribution in [1.29, 1.82) is 0 Å². The van der Waals surface area contributed by atoms with Crippen LogP contribution < -0.4 is 11.1 Å². The Bertz CT molecular complexity index is 648. The maximum absolute atomic E-state index is 12.3. The Kier molecular flexibility index (Phi) is 3.69. The van der Waals surface area contributed by atoms with Gasteiger partial charge in [-0.05, 0) is 37.1 Å². The van der Waals surface area contributed by atoms with Gasteiger partial charge in [-0.25, -0.2) is 4.68 Å². The molecule has 2 aromatic rings. The van der Waals surface area contributed by atoms with E-state index in [0.29, 0.717) is 10.7 Å². The van der Waals surface area contributed by atoms with Gasteiger partial charge in [0, 0.05) is 18.1 Å². The number of hydrogen-bond acceptors (Lipinski definition) is 3. The molecule has 3 rings (SSSR count). The second-order valence-corrected chi connectivity index (χ2v) is 5.84. The molecule has 0 spiro atoms. The minimum absolute atomic E-state index is 0.136. The summed E-state index contributed by atoms with van der Waals surface area (Å²) >= 11 is 6.26. The number of amides is 1. The number of anilines is 1. The third kappa shape index (κ3) is 2.80. The SMILES string of the molecule is NC1(C(=O)Nc2ccc(-n3cccn3)c(Cl)c2)CCCC1. The Morgan fingerprint density at radius 1 is 1.38 bits per heavy atom. The van der Waals surface area contributed by atoms with Crippen LogP contribution in [-0.2, 0) is 4.79 Å². The third-order valence-corrected chi connectivity index (χ3v) is 4.21. The molecule has 1 heterocycles. The first-order valence-electron chi connectivity index (χ1n) is 6.98. The number of nitrogens with zero attached hydrogens (tertiary/aromatic N) is 2. The van der Waals surface area contributed by atoms with Crippen LogP contribution in [0.1, 0.15) is 25.7 Å². The van der Waals surface area contributed by atoms with E-state index in [-0.39, 0.29) is 5.91 Å². The number of benzene rings is 1. The number of halogens is 1. The number of carbonyl (C=O) groups is 1. The molecule has 1 aromatic carbocycles. The van der Waals surface area contributed by atoms with Crippen molar-refractivity contribution in [3.8, 4) is 5.69 Å². The first-order valence-corrected chi connectivity index (χ1v) is 7.36. The molecule has 1 aliphatic rings. The van der Waals surface area contributed by atoms with Crippen LogP contribution in [0.15, 0.2) is 36.7 Å². The molecule has 21 heavy (non-hydrogen) atoms. The van der Waals surface area contributed by atoms with Crippen molar-refractivity contribution in [2.45, 2.75) is 31.2 Å². The van der Waals surface area contributed by atoms with Crippen molar-refractivity contribution < 1.29 is 4.79 Å². The number of hydrogen-bond donors (Lipinski definition) is 2. The molecule has 1 amide bonds. The molecule has 5 nitrogen and oxygen atoms in total. The van der Waals surface area contributed by atoms with Crippen LogP contribution >= 0.6 is 11.6 Å². The quantitative estimate of drug-likeness (QED) is 0.915. The molecule has 0 atom stereocenters. The summed E-state index contributed by atoms with van der Waals surface area (Å²) in [6, 6.07) is 7.17. The van der Waals surface area contributed by atoms with E-state index in [9.17, 15) is 4.79 Å². The average Bonchev–Trinajstić information content (AvgIpc) is 3.11. The van der Waals surface area contributed by atoms with Crippen LogP contribution in [0.2, 0.25) is 5.02 Å². The smallest absolute Gasteiger partial charge is 0.244 e. The number of aromatic nitrogens is 2. The van der Waals surface area contributed by atoms with Gasteiger partial charge in [0.25, 0.3) is 0 Å². The molecule has 0 radical (unpaired) electrons. The Hall–Kier alpha value is -1.85. The molecule has 1 aliphatic carbocycles. The van der Waals surface area contributed by atoms with Gasteiger partial charge in [-0.1, -0.05) is 24.4 Å². The maximum atomic E-state index is 12.3.